The minimum Gasteiger partial charge on any atom is -0.465 e. The first kappa shape index (κ1) is 9.94. The van der Waals surface area contributed by atoms with Gasteiger partial charge >= 0.3 is 5.97 Å². The van der Waals surface area contributed by atoms with E-state index >= 15 is 0 Å². The van der Waals surface area contributed by atoms with Gasteiger partial charge in [0.2, 0.25) is 0 Å². The molecule has 1 saturated heterocycles. The Morgan fingerprint density at radius 1 is 1.77 bits per heavy atom. The van der Waals surface area contributed by atoms with Crippen LogP contribution in [0.25, 0.3) is 0 Å². The second kappa shape index (κ2) is 3.71. The maximum absolute atomic E-state index is 11.2. The summed E-state index contributed by atoms with van der Waals surface area (Å²) >= 11 is 0. The van der Waals surface area contributed by atoms with Crippen LogP contribution in [0.3, 0.4) is 0 Å². The number of esters is 1. The number of aliphatic hydroxyl groups excluding tert-OH is 1. The van der Waals surface area contributed by atoms with Crippen LogP contribution in [-0.2, 0) is 14.3 Å². The van der Waals surface area contributed by atoms with E-state index in [0.717, 1.165) is 0 Å². The lowest BCUT2D eigenvalue weighted by atomic mass is 10.2. The fourth-order valence-electron chi connectivity index (χ4n) is 1.18. The summed E-state index contributed by atoms with van der Waals surface area (Å²) in [7, 11) is 1.50. The minimum absolute atomic E-state index is 0.226. The summed E-state index contributed by atoms with van der Waals surface area (Å²) < 4.78 is 4.68. The van der Waals surface area contributed by atoms with Crippen LogP contribution in [0.2, 0.25) is 0 Å². The summed E-state index contributed by atoms with van der Waals surface area (Å²) in [6, 6.07) is -0.938. The van der Waals surface area contributed by atoms with Gasteiger partial charge in [0.15, 0.2) is 12.1 Å². The zero-order valence-corrected chi connectivity index (χ0v) is 7.48. The van der Waals surface area contributed by atoms with Crippen molar-refractivity contribution >= 4 is 11.9 Å². The summed E-state index contributed by atoms with van der Waals surface area (Å²) in [4.78, 5) is 22.1. The van der Waals surface area contributed by atoms with Gasteiger partial charge in [-0.15, -0.1) is 0 Å². The van der Waals surface area contributed by atoms with Crippen molar-refractivity contribution in [3.63, 3.8) is 0 Å². The van der Waals surface area contributed by atoms with Gasteiger partial charge in [-0.2, -0.15) is 0 Å². The van der Waals surface area contributed by atoms with Gasteiger partial charge in [0, 0.05) is 7.05 Å². The molecular formula is C7H12N2O4. The zero-order valence-electron chi connectivity index (χ0n) is 7.48. The molecule has 0 radical (unpaired) electrons. The number of hydrogen-bond acceptors (Lipinski definition) is 5. The molecule has 6 nitrogen and oxygen atoms in total. The van der Waals surface area contributed by atoms with E-state index < -0.39 is 24.0 Å². The number of carbonyl (C=O) groups is 2. The highest BCUT2D eigenvalue weighted by atomic mass is 16.5. The summed E-state index contributed by atoms with van der Waals surface area (Å²) in [5, 5.41) is 10.5. The molecule has 1 heterocycles. The van der Waals surface area contributed by atoms with Crippen molar-refractivity contribution < 1.29 is 19.4 Å². The van der Waals surface area contributed by atoms with E-state index in [1.807, 2.05) is 0 Å². The van der Waals surface area contributed by atoms with Crippen molar-refractivity contribution in [2.24, 2.45) is 0 Å². The Morgan fingerprint density at radius 2 is 2.38 bits per heavy atom. The lowest BCUT2D eigenvalue weighted by molar-refractivity contribution is -0.151. The molecule has 0 aliphatic carbocycles. The molecule has 0 saturated carbocycles. The maximum Gasteiger partial charge on any atom is 0.328 e. The van der Waals surface area contributed by atoms with Gasteiger partial charge in [0.1, 0.15) is 0 Å². The number of likely N-dealkylation sites (N-methyl/N-ethyl adjacent to an activating group) is 1. The number of hydrazine groups is 1. The first-order chi connectivity index (χ1) is 6.07. The fourth-order valence-corrected chi connectivity index (χ4v) is 1.18. The van der Waals surface area contributed by atoms with E-state index in [0.29, 0.717) is 0 Å². The van der Waals surface area contributed by atoms with Gasteiger partial charge in [-0.3, -0.25) is 15.0 Å². The Hall–Kier alpha value is -1.14. The summed E-state index contributed by atoms with van der Waals surface area (Å²) in [6.45, 7) is 1.89. The molecule has 2 N–H and O–H groups in total. The third-order valence-corrected chi connectivity index (χ3v) is 1.80. The molecule has 74 valence electrons. The van der Waals surface area contributed by atoms with Crippen molar-refractivity contribution in [3.05, 3.63) is 0 Å². The molecule has 2 atom stereocenters. The number of nitrogens with one attached hydrogen (secondary N) is 1. The molecule has 1 fully saturated rings. The molecule has 6 heteroatoms. The molecule has 0 aromatic carbocycles. The number of hydrogen-bond donors (Lipinski definition) is 2. The van der Waals surface area contributed by atoms with Crippen LogP contribution in [-0.4, -0.2) is 47.8 Å². The predicted octanol–water partition coefficient (Wildman–Crippen LogP) is -1.74. The second-order valence-corrected chi connectivity index (χ2v) is 2.73. The SMILES string of the molecule is CCOC(=O)[C@@H]1[C@@H](O)C(=O)NN1C. The van der Waals surface area contributed by atoms with Gasteiger partial charge in [0.05, 0.1) is 6.61 Å². The van der Waals surface area contributed by atoms with Crippen LogP contribution in [0.15, 0.2) is 0 Å². The summed E-state index contributed by atoms with van der Waals surface area (Å²) in [5.41, 5.74) is 2.30. The van der Waals surface area contributed by atoms with Crippen molar-refractivity contribution in [1.82, 2.24) is 10.4 Å². The largest absolute Gasteiger partial charge is 0.465 e. The van der Waals surface area contributed by atoms with E-state index in [9.17, 15) is 14.7 Å². The average molecular weight is 188 g/mol. The number of nitrogens with zero attached hydrogens (tertiary/aromatic N) is 1. The molecular weight excluding hydrogens is 176 g/mol. The average Bonchev–Trinajstić information content (AvgIpc) is 2.27. The number of carbonyl (C=O) groups excluding carboxylic acids is 2. The lowest BCUT2D eigenvalue weighted by Crippen LogP contribution is -2.43. The second-order valence-electron chi connectivity index (χ2n) is 2.73. The molecule has 0 aromatic rings. The highest BCUT2D eigenvalue weighted by Crippen LogP contribution is 2.10. The molecule has 0 bridgehead atoms. The third-order valence-electron chi connectivity index (χ3n) is 1.80. The van der Waals surface area contributed by atoms with E-state index in [-0.39, 0.29) is 6.61 Å². The van der Waals surface area contributed by atoms with E-state index in [4.69, 9.17) is 0 Å². The summed E-state index contributed by atoms with van der Waals surface area (Å²) in [5.74, 6) is -1.18. The molecule has 0 spiro atoms. The molecule has 1 rings (SSSR count). The van der Waals surface area contributed by atoms with Crippen molar-refractivity contribution in [3.8, 4) is 0 Å². The number of ether oxygens (including phenoxy) is 1. The Bertz CT molecular complexity index is 231. The van der Waals surface area contributed by atoms with Gasteiger partial charge in [-0.25, -0.2) is 5.01 Å². The van der Waals surface area contributed by atoms with E-state index in [1.54, 1.807) is 6.92 Å². The standard InChI is InChI=1S/C7H12N2O4/c1-3-13-7(12)4-5(10)6(11)8-9(4)2/h4-5,10H,3H2,1-2H3,(H,8,11)/t4-,5+/m0/s1. The number of aliphatic hydroxyl groups is 1. The van der Waals surface area contributed by atoms with Crippen LogP contribution >= 0.6 is 0 Å². The number of rotatable bonds is 2. The Balaban J connectivity index is 2.68. The topological polar surface area (TPSA) is 78.9 Å². The van der Waals surface area contributed by atoms with Gasteiger partial charge in [-0.1, -0.05) is 0 Å². The smallest absolute Gasteiger partial charge is 0.328 e. The van der Waals surface area contributed by atoms with Gasteiger partial charge in [-0.05, 0) is 6.92 Å². The Morgan fingerprint density at radius 3 is 2.77 bits per heavy atom. The van der Waals surface area contributed by atoms with Gasteiger partial charge < -0.3 is 9.84 Å². The Kier molecular flexibility index (Phi) is 2.84. The van der Waals surface area contributed by atoms with Crippen molar-refractivity contribution in [1.29, 1.82) is 0 Å². The van der Waals surface area contributed by atoms with Gasteiger partial charge in [0.25, 0.3) is 5.91 Å². The fraction of sp³-hybridized carbons (Fsp3) is 0.714. The zero-order chi connectivity index (χ0) is 10.0. The van der Waals surface area contributed by atoms with Crippen molar-refractivity contribution in [2.75, 3.05) is 13.7 Å². The van der Waals surface area contributed by atoms with Crippen LogP contribution in [0.5, 0.6) is 0 Å². The van der Waals surface area contributed by atoms with E-state index in [2.05, 4.69) is 10.2 Å². The first-order valence-electron chi connectivity index (χ1n) is 3.96. The quantitative estimate of drug-likeness (QED) is 0.503. The molecule has 13 heavy (non-hydrogen) atoms. The monoisotopic (exact) mass is 188 g/mol. The highest BCUT2D eigenvalue weighted by molar-refractivity contribution is 5.91. The maximum atomic E-state index is 11.2. The van der Waals surface area contributed by atoms with Crippen LogP contribution < -0.4 is 5.43 Å². The minimum atomic E-state index is -1.34. The number of amides is 1. The molecule has 1 aliphatic heterocycles. The van der Waals surface area contributed by atoms with Crippen molar-refractivity contribution in [2.45, 2.75) is 19.1 Å². The normalized spacial score (nSPS) is 28.7. The lowest BCUT2D eigenvalue weighted by Gasteiger charge is -2.17. The first-order valence-corrected chi connectivity index (χ1v) is 3.96. The van der Waals surface area contributed by atoms with E-state index in [1.165, 1.54) is 12.1 Å². The van der Waals surface area contributed by atoms with Crippen LogP contribution in [0.1, 0.15) is 6.92 Å². The summed E-state index contributed by atoms with van der Waals surface area (Å²) in [6.07, 6.45) is -1.34. The molecule has 1 amide bonds. The third kappa shape index (κ3) is 1.78. The molecule has 0 aromatic heterocycles. The van der Waals surface area contributed by atoms with Crippen LogP contribution in [0, 0.1) is 0 Å². The Labute approximate surface area is 75.4 Å². The highest BCUT2D eigenvalue weighted by Gasteiger charge is 2.43. The molecule has 0 unspecified atom stereocenters. The molecule has 1 aliphatic rings. The predicted molar refractivity (Wildman–Crippen MR) is 42.3 cm³/mol. The van der Waals surface area contributed by atoms with Crippen LogP contribution in [0.4, 0.5) is 0 Å².